The quantitative estimate of drug-likeness (QED) is 0.782. The molecule has 0 radical (unpaired) electrons. The van der Waals surface area contributed by atoms with Crippen LogP contribution in [0.4, 0.5) is 5.69 Å². The van der Waals surface area contributed by atoms with Gasteiger partial charge in [0.2, 0.25) is 5.91 Å². The third kappa shape index (κ3) is 4.62. The summed E-state index contributed by atoms with van der Waals surface area (Å²) in [7, 11) is 1.88. The SMILES string of the molecule is CCOc1ccc(OCC)c(NC(=O)/C=C/c2c(C)nn(C)c2C)c1. The summed E-state index contributed by atoms with van der Waals surface area (Å²) in [6, 6.07) is 5.38. The highest BCUT2D eigenvalue weighted by molar-refractivity contribution is 6.03. The number of carbonyl (C=O) groups is 1. The van der Waals surface area contributed by atoms with Crippen molar-refractivity contribution in [1.82, 2.24) is 9.78 Å². The Morgan fingerprint density at radius 3 is 2.56 bits per heavy atom. The monoisotopic (exact) mass is 343 g/mol. The van der Waals surface area contributed by atoms with Crippen LogP contribution in [0.3, 0.4) is 0 Å². The van der Waals surface area contributed by atoms with Gasteiger partial charge in [-0.1, -0.05) is 0 Å². The second kappa shape index (κ2) is 8.37. The standard InChI is InChI=1S/C19H25N3O3/c1-6-24-15-8-10-18(25-7-2)17(12-15)20-19(23)11-9-16-13(3)21-22(5)14(16)4/h8-12H,6-7H2,1-5H3,(H,20,23)/b11-9+. The molecule has 1 amide bonds. The van der Waals surface area contributed by atoms with Gasteiger partial charge in [-0.15, -0.1) is 0 Å². The molecule has 0 unspecified atom stereocenters. The maximum absolute atomic E-state index is 12.3. The predicted octanol–water partition coefficient (Wildman–Crippen LogP) is 3.49. The van der Waals surface area contributed by atoms with Crippen molar-refractivity contribution < 1.29 is 14.3 Å². The Kier molecular flexibility index (Phi) is 6.22. The predicted molar refractivity (Wildman–Crippen MR) is 99.1 cm³/mol. The molecule has 6 nitrogen and oxygen atoms in total. The molecule has 0 aliphatic heterocycles. The molecule has 0 saturated heterocycles. The van der Waals surface area contributed by atoms with Crippen molar-refractivity contribution in [3.8, 4) is 11.5 Å². The first-order valence-electron chi connectivity index (χ1n) is 8.35. The van der Waals surface area contributed by atoms with Gasteiger partial charge in [0.05, 0.1) is 24.6 Å². The molecule has 0 atom stereocenters. The molecule has 25 heavy (non-hydrogen) atoms. The van der Waals surface area contributed by atoms with Gasteiger partial charge in [0.1, 0.15) is 11.5 Å². The molecule has 2 aromatic rings. The van der Waals surface area contributed by atoms with Gasteiger partial charge in [-0.05, 0) is 45.9 Å². The summed E-state index contributed by atoms with van der Waals surface area (Å²) in [5, 5.41) is 7.19. The van der Waals surface area contributed by atoms with E-state index in [2.05, 4.69) is 10.4 Å². The number of nitrogens with zero attached hydrogens (tertiary/aromatic N) is 2. The van der Waals surface area contributed by atoms with Crippen molar-refractivity contribution in [2.75, 3.05) is 18.5 Å². The van der Waals surface area contributed by atoms with Crippen molar-refractivity contribution in [2.45, 2.75) is 27.7 Å². The number of aryl methyl sites for hydroxylation is 2. The first kappa shape index (κ1) is 18.6. The molecule has 2 rings (SSSR count). The third-order valence-electron chi connectivity index (χ3n) is 3.79. The topological polar surface area (TPSA) is 65.4 Å². The number of amides is 1. The minimum atomic E-state index is -0.239. The van der Waals surface area contributed by atoms with Crippen molar-refractivity contribution in [3.05, 3.63) is 41.2 Å². The number of aromatic nitrogens is 2. The Hall–Kier alpha value is -2.76. The fraction of sp³-hybridized carbons (Fsp3) is 0.368. The Balaban J connectivity index is 2.18. The lowest BCUT2D eigenvalue weighted by molar-refractivity contribution is -0.111. The van der Waals surface area contributed by atoms with Crippen molar-refractivity contribution in [3.63, 3.8) is 0 Å². The molecule has 0 bridgehead atoms. The van der Waals surface area contributed by atoms with E-state index in [1.165, 1.54) is 6.08 Å². The van der Waals surface area contributed by atoms with Crippen LogP contribution in [0.25, 0.3) is 6.08 Å². The summed E-state index contributed by atoms with van der Waals surface area (Å²) in [5.74, 6) is 1.06. The number of hydrogen-bond acceptors (Lipinski definition) is 4. The number of rotatable bonds is 7. The second-order valence-electron chi connectivity index (χ2n) is 5.55. The summed E-state index contributed by atoms with van der Waals surface area (Å²) in [5.41, 5.74) is 3.43. The fourth-order valence-electron chi connectivity index (χ4n) is 2.51. The Morgan fingerprint density at radius 1 is 1.24 bits per heavy atom. The molecule has 0 aliphatic carbocycles. The van der Waals surface area contributed by atoms with E-state index in [-0.39, 0.29) is 5.91 Å². The van der Waals surface area contributed by atoms with Crippen LogP contribution in [-0.4, -0.2) is 28.9 Å². The highest BCUT2D eigenvalue weighted by atomic mass is 16.5. The summed E-state index contributed by atoms with van der Waals surface area (Å²) in [6.45, 7) is 8.77. The highest BCUT2D eigenvalue weighted by Crippen LogP contribution is 2.29. The van der Waals surface area contributed by atoms with Gasteiger partial charge in [0.25, 0.3) is 0 Å². The number of nitrogens with one attached hydrogen (secondary N) is 1. The van der Waals surface area contributed by atoms with E-state index < -0.39 is 0 Å². The smallest absolute Gasteiger partial charge is 0.248 e. The van der Waals surface area contributed by atoms with Gasteiger partial charge in [0, 0.05) is 30.4 Å². The number of ether oxygens (including phenoxy) is 2. The summed E-state index contributed by atoms with van der Waals surface area (Å²) in [6.07, 6.45) is 3.28. The molecule has 1 aromatic heterocycles. The average Bonchev–Trinajstić information content (AvgIpc) is 2.81. The largest absolute Gasteiger partial charge is 0.494 e. The first-order valence-corrected chi connectivity index (χ1v) is 8.35. The normalized spacial score (nSPS) is 10.9. The van der Waals surface area contributed by atoms with Gasteiger partial charge in [-0.25, -0.2) is 0 Å². The van der Waals surface area contributed by atoms with Crippen LogP contribution in [-0.2, 0) is 11.8 Å². The number of benzene rings is 1. The van der Waals surface area contributed by atoms with Crippen LogP contribution in [0, 0.1) is 13.8 Å². The summed E-state index contributed by atoms with van der Waals surface area (Å²) in [4.78, 5) is 12.3. The van der Waals surface area contributed by atoms with Crippen molar-refractivity contribution in [1.29, 1.82) is 0 Å². The van der Waals surface area contributed by atoms with E-state index >= 15 is 0 Å². The zero-order valence-corrected chi connectivity index (χ0v) is 15.4. The molecule has 134 valence electrons. The number of hydrogen-bond donors (Lipinski definition) is 1. The lowest BCUT2D eigenvalue weighted by Crippen LogP contribution is -2.10. The fourth-order valence-corrected chi connectivity index (χ4v) is 2.51. The lowest BCUT2D eigenvalue weighted by atomic mass is 10.2. The highest BCUT2D eigenvalue weighted by Gasteiger charge is 2.10. The average molecular weight is 343 g/mol. The van der Waals surface area contributed by atoms with E-state index in [0.29, 0.717) is 30.4 Å². The Labute approximate surface area is 148 Å². The Bertz CT molecular complexity index is 778. The first-order chi connectivity index (χ1) is 12.0. The van der Waals surface area contributed by atoms with Crippen LogP contribution < -0.4 is 14.8 Å². The van der Waals surface area contributed by atoms with Gasteiger partial charge < -0.3 is 14.8 Å². The lowest BCUT2D eigenvalue weighted by Gasteiger charge is -2.12. The molecule has 1 aromatic carbocycles. The molecule has 0 fully saturated rings. The van der Waals surface area contributed by atoms with Gasteiger partial charge in [-0.2, -0.15) is 5.10 Å². The van der Waals surface area contributed by atoms with Gasteiger partial charge in [-0.3, -0.25) is 9.48 Å². The molecule has 0 spiro atoms. The number of anilines is 1. The van der Waals surface area contributed by atoms with Crippen LogP contribution in [0.5, 0.6) is 11.5 Å². The summed E-state index contributed by atoms with van der Waals surface area (Å²) < 4.78 is 12.9. The van der Waals surface area contributed by atoms with Crippen LogP contribution in [0.15, 0.2) is 24.3 Å². The van der Waals surface area contributed by atoms with Gasteiger partial charge >= 0.3 is 0 Å². The van der Waals surface area contributed by atoms with Crippen LogP contribution in [0.2, 0.25) is 0 Å². The van der Waals surface area contributed by atoms with E-state index in [1.54, 1.807) is 22.9 Å². The minimum Gasteiger partial charge on any atom is -0.494 e. The molecule has 0 aliphatic rings. The van der Waals surface area contributed by atoms with Gasteiger partial charge in [0.15, 0.2) is 0 Å². The molecular weight excluding hydrogens is 318 g/mol. The molecule has 1 N–H and O–H groups in total. The van der Waals surface area contributed by atoms with Crippen LogP contribution in [0.1, 0.15) is 30.8 Å². The maximum Gasteiger partial charge on any atom is 0.248 e. The van der Waals surface area contributed by atoms with E-state index in [0.717, 1.165) is 17.0 Å². The molecule has 1 heterocycles. The van der Waals surface area contributed by atoms with E-state index in [9.17, 15) is 4.79 Å². The van der Waals surface area contributed by atoms with Crippen molar-refractivity contribution >= 4 is 17.7 Å². The Morgan fingerprint density at radius 2 is 1.96 bits per heavy atom. The minimum absolute atomic E-state index is 0.239. The zero-order valence-electron chi connectivity index (χ0n) is 15.4. The summed E-state index contributed by atoms with van der Waals surface area (Å²) >= 11 is 0. The van der Waals surface area contributed by atoms with Crippen LogP contribution >= 0.6 is 0 Å². The van der Waals surface area contributed by atoms with E-state index in [4.69, 9.17) is 9.47 Å². The molecule has 0 saturated carbocycles. The third-order valence-corrected chi connectivity index (χ3v) is 3.79. The molecular formula is C19H25N3O3. The zero-order chi connectivity index (χ0) is 18.4. The number of carbonyl (C=O) groups excluding carboxylic acids is 1. The van der Waals surface area contributed by atoms with E-state index in [1.807, 2.05) is 40.8 Å². The molecule has 6 heteroatoms. The maximum atomic E-state index is 12.3. The van der Waals surface area contributed by atoms with Crippen molar-refractivity contribution in [2.24, 2.45) is 7.05 Å². The second-order valence-corrected chi connectivity index (χ2v) is 5.55.